The third-order valence-electron chi connectivity index (χ3n) is 2.62. The van der Waals surface area contributed by atoms with Crippen LogP contribution in [0.15, 0.2) is 34.8 Å². The predicted molar refractivity (Wildman–Crippen MR) is 80.7 cm³/mol. The number of hydrogen-bond acceptors (Lipinski definition) is 3. The molecule has 2 N–H and O–H groups in total. The lowest BCUT2D eigenvalue weighted by molar-refractivity contribution is 0.460. The number of pyridine rings is 1. The monoisotopic (exact) mass is 340 g/mol. The fraction of sp³-hybridized carbons (Fsp3) is 0.214. The van der Waals surface area contributed by atoms with Crippen LogP contribution >= 0.6 is 27.5 Å². The van der Waals surface area contributed by atoms with E-state index < -0.39 is 0 Å². The van der Waals surface area contributed by atoms with Crippen LogP contribution in [0.5, 0.6) is 11.6 Å². The van der Waals surface area contributed by atoms with Gasteiger partial charge in [0.05, 0.1) is 5.02 Å². The molecular weight excluding hydrogens is 328 g/mol. The topological polar surface area (TPSA) is 48.1 Å². The second-order valence-corrected chi connectivity index (χ2v) is 5.36. The Hall–Kier alpha value is -1.10. The summed E-state index contributed by atoms with van der Waals surface area (Å²) < 4.78 is 6.65. The van der Waals surface area contributed by atoms with Gasteiger partial charge < -0.3 is 10.5 Å². The van der Waals surface area contributed by atoms with Crippen LogP contribution in [0.1, 0.15) is 18.2 Å². The first-order valence-electron chi connectivity index (χ1n) is 5.95. The molecule has 0 bridgehead atoms. The summed E-state index contributed by atoms with van der Waals surface area (Å²) in [6.07, 6.45) is 0.830. The van der Waals surface area contributed by atoms with Crippen molar-refractivity contribution in [3.63, 3.8) is 0 Å². The van der Waals surface area contributed by atoms with Gasteiger partial charge in [-0.25, -0.2) is 4.98 Å². The number of nitrogens with two attached hydrogens (primary N) is 1. The Morgan fingerprint density at radius 3 is 2.79 bits per heavy atom. The Labute approximate surface area is 125 Å². The number of rotatable bonds is 4. The zero-order valence-electron chi connectivity index (χ0n) is 10.5. The minimum atomic E-state index is 0.456. The van der Waals surface area contributed by atoms with Crippen molar-refractivity contribution >= 4 is 27.5 Å². The molecule has 2 rings (SSSR count). The summed E-state index contributed by atoms with van der Waals surface area (Å²) in [4.78, 5) is 4.41. The molecule has 100 valence electrons. The van der Waals surface area contributed by atoms with E-state index in [2.05, 4.69) is 20.9 Å². The molecular formula is C14H14BrClN2O. The SMILES string of the molecule is CCc1cc(CN)cc(Oc2cc(Br)ccc2Cl)n1. The minimum absolute atomic E-state index is 0.456. The van der Waals surface area contributed by atoms with Crippen molar-refractivity contribution in [2.24, 2.45) is 5.73 Å². The lowest BCUT2D eigenvalue weighted by atomic mass is 10.2. The maximum absolute atomic E-state index is 6.10. The molecule has 19 heavy (non-hydrogen) atoms. The van der Waals surface area contributed by atoms with Crippen LogP contribution in [-0.4, -0.2) is 4.98 Å². The van der Waals surface area contributed by atoms with Crippen LogP contribution in [0.3, 0.4) is 0 Å². The Balaban J connectivity index is 2.34. The van der Waals surface area contributed by atoms with Gasteiger partial charge in [0.15, 0.2) is 0 Å². The fourth-order valence-electron chi connectivity index (χ4n) is 1.64. The number of hydrogen-bond donors (Lipinski definition) is 1. The van der Waals surface area contributed by atoms with Gasteiger partial charge in [-0.15, -0.1) is 0 Å². The zero-order valence-corrected chi connectivity index (χ0v) is 12.8. The second-order valence-electron chi connectivity index (χ2n) is 4.04. The molecule has 0 aliphatic carbocycles. The van der Waals surface area contributed by atoms with Crippen LogP contribution in [0.2, 0.25) is 5.02 Å². The van der Waals surface area contributed by atoms with Gasteiger partial charge in [0.1, 0.15) is 5.75 Å². The first-order chi connectivity index (χ1) is 9.12. The third kappa shape index (κ3) is 3.69. The molecule has 1 heterocycles. The summed E-state index contributed by atoms with van der Waals surface area (Å²) in [6, 6.07) is 9.25. The Kier molecular flexibility index (Phi) is 4.80. The molecule has 0 fully saturated rings. The highest BCUT2D eigenvalue weighted by Crippen LogP contribution is 2.31. The molecule has 5 heteroatoms. The quantitative estimate of drug-likeness (QED) is 0.901. The number of benzene rings is 1. The van der Waals surface area contributed by atoms with E-state index in [0.29, 0.717) is 23.2 Å². The standard InChI is InChI=1S/C14H14BrClN2O/c1-2-11-5-9(8-17)6-14(18-11)19-13-7-10(15)3-4-12(13)16/h3-7H,2,8,17H2,1H3. The van der Waals surface area contributed by atoms with Gasteiger partial charge >= 0.3 is 0 Å². The van der Waals surface area contributed by atoms with E-state index in [1.165, 1.54) is 0 Å². The minimum Gasteiger partial charge on any atom is -0.437 e. The van der Waals surface area contributed by atoms with Crippen LogP contribution in [0.25, 0.3) is 0 Å². The van der Waals surface area contributed by atoms with E-state index in [0.717, 1.165) is 22.2 Å². The zero-order chi connectivity index (χ0) is 13.8. The van der Waals surface area contributed by atoms with Gasteiger partial charge in [-0.05, 0) is 36.2 Å². The highest BCUT2D eigenvalue weighted by atomic mass is 79.9. The van der Waals surface area contributed by atoms with E-state index >= 15 is 0 Å². The van der Waals surface area contributed by atoms with Crippen molar-refractivity contribution in [2.45, 2.75) is 19.9 Å². The summed E-state index contributed by atoms with van der Waals surface area (Å²) >= 11 is 9.48. The number of nitrogens with zero attached hydrogens (tertiary/aromatic N) is 1. The number of halogens is 2. The van der Waals surface area contributed by atoms with Crippen LogP contribution in [0, 0.1) is 0 Å². The maximum atomic E-state index is 6.10. The van der Waals surface area contributed by atoms with Crippen LogP contribution < -0.4 is 10.5 Å². The summed E-state index contributed by atoms with van der Waals surface area (Å²) in [5.74, 6) is 1.08. The summed E-state index contributed by atoms with van der Waals surface area (Å²) in [6.45, 7) is 2.50. The molecule has 3 nitrogen and oxygen atoms in total. The predicted octanol–water partition coefficient (Wildman–Crippen LogP) is 4.31. The molecule has 0 atom stereocenters. The first-order valence-corrected chi connectivity index (χ1v) is 7.12. The third-order valence-corrected chi connectivity index (χ3v) is 3.43. The van der Waals surface area contributed by atoms with Crippen molar-refractivity contribution in [3.05, 3.63) is 51.1 Å². The molecule has 0 aliphatic rings. The normalized spacial score (nSPS) is 10.5. The highest BCUT2D eigenvalue weighted by Gasteiger charge is 2.07. The van der Waals surface area contributed by atoms with Gasteiger partial charge in [0, 0.05) is 22.8 Å². The molecule has 0 unspecified atom stereocenters. The Morgan fingerprint density at radius 1 is 1.32 bits per heavy atom. The molecule has 0 aliphatic heterocycles. The fourth-order valence-corrected chi connectivity index (χ4v) is 2.14. The number of ether oxygens (including phenoxy) is 1. The van der Waals surface area contributed by atoms with Crippen molar-refractivity contribution in [2.75, 3.05) is 0 Å². The second kappa shape index (κ2) is 6.37. The van der Waals surface area contributed by atoms with E-state index in [9.17, 15) is 0 Å². The van der Waals surface area contributed by atoms with Crippen molar-refractivity contribution in [1.82, 2.24) is 4.98 Å². The van der Waals surface area contributed by atoms with Gasteiger partial charge in [-0.1, -0.05) is 34.5 Å². The molecule has 0 radical (unpaired) electrons. The van der Waals surface area contributed by atoms with Gasteiger partial charge in [0.25, 0.3) is 0 Å². The molecule has 2 aromatic rings. The van der Waals surface area contributed by atoms with Crippen molar-refractivity contribution in [3.8, 4) is 11.6 Å². The number of aryl methyl sites for hydroxylation is 1. The van der Waals surface area contributed by atoms with Crippen molar-refractivity contribution < 1.29 is 4.74 Å². The molecule has 0 saturated heterocycles. The van der Waals surface area contributed by atoms with E-state index in [1.54, 1.807) is 6.07 Å². The maximum Gasteiger partial charge on any atom is 0.219 e. The Morgan fingerprint density at radius 2 is 2.11 bits per heavy atom. The highest BCUT2D eigenvalue weighted by molar-refractivity contribution is 9.10. The average molecular weight is 342 g/mol. The van der Waals surface area contributed by atoms with Gasteiger partial charge in [0.2, 0.25) is 5.88 Å². The number of aromatic nitrogens is 1. The smallest absolute Gasteiger partial charge is 0.219 e. The van der Waals surface area contributed by atoms with Crippen LogP contribution in [0.4, 0.5) is 0 Å². The largest absolute Gasteiger partial charge is 0.437 e. The molecule has 1 aromatic carbocycles. The molecule has 0 amide bonds. The van der Waals surface area contributed by atoms with Gasteiger partial charge in [-0.2, -0.15) is 0 Å². The average Bonchev–Trinajstić information content (AvgIpc) is 2.42. The first kappa shape index (κ1) is 14.3. The summed E-state index contributed by atoms with van der Waals surface area (Å²) in [5, 5.41) is 0.543. The summed E-state index contributed by atoms with van der Waals surface area (Å²) in [7, 11) is 0. The van der Waals surface area contributed by atoms with E-state index in [-0.39, 0.29) is 0 Å². The lowest BCUT2D eigenvalue weighted by Crippen LogP contribution is -2.01. The molecule has 0 spiro atoms. The van der Waals surface area contributed by atoms with Crippen molar-refractivity contribution in [1.29, 1.82) is 0 Å². The molecule has 0 saturated carbocycles. The van der Waals surface area contributed by atoms with Gasteiger partial charge in [-0.3, -0.25) is 0 Å². The summed E-state index contributed by atoms with van der Waals surface area (Å²) in [5.41, 5.74) is 7.61. The molecule has 1 aromatic heterocycles. The van der Waals surface area contributed by atoms with E-state index in [1.807, 2.05) is 31.2 Å². The lowest BCUT2D eigenvalue weighted by Gasteiger charge is -2.10. The van der Waals surface area contributed by atoms with Crippen LogP contribution in [-0.2, 0) is 13.0 Å². The van der Waals surface area contributed by atoms with E-state index in [4.69, 9.17) is 22.1 Å². The Bertz CT molecular complexity index is 567.